The van der Waals surface area contributed by atoms with Gasteiger partial charge in [-0.2, -0.15) is 0 Å². The number of H-pyrrole nitrogens is 1. The van der Waals surface area contributed by atoms with Crippen LogP contribution in [0.3, 0.4) is 0 Å². The highest BCUT2D eigenvalue weighted by Crippen LogP contribution is 2.14. The summed E-state index contributed by atoms with van der Waals surface area (Å²) in [4.78, 5) is 3.13. The van der Waals surface area contributed by atoms with E-state index in [2.05, 4.69) is 30.1 Å². The van der Waals surface area contributed by atoms with Gasteiger partial charge in [0, 0.05) is 23.2 Å². The Morgan fingerprint density at radius 2 is 2.30 bits per heavy atom. The highest BCUT2D eigenvalue weighted by molar-refractivity contribution is 5.81. The summed E-state index contributed by atoms with van der Waals surface area (Å²) in [5.74, 6) is 0. The van der Waals surface area contributed by atoms with Crippen LogP contribution in [-0.2, 0) is 0 Å². The Kier molecular flexibility index (Phi) is 1.04. The van der Waals surface area contributed by atoms with Crippen LogP contribution in [-0.4, -0.2) is 4.98 Å². The van der Waals surface area contributed by atoms with Crippen LogP contribution in [0.4, 0.5) is 0 Å². The Morgan fingerprint density at radius 3 is 3.10 bits per heavy atom. The molecule has 1 heterocycles. The first-order valence-corrected chi connectivity index (χ1v) is 3.32. The van der Waals surface area contributed by atoms with Crippen molar-refractivity contribution in [3.63, 3.8) is 0 Å². The van der Waals surface area contributed by atoms with Gasteiger partial charge in [0.15, 0.2) is 0 Å². The van der Waals surface area contributed by atoms with Crippen molar-refractivity contribution in [2.24, 2.45) is 0 Å². The first-order valence-electron chi connectivity index (χ1n) is 3.32. The van der Waals surface area contributed by atoms with Crippen LogP contribution in [0, 0.1) is 13.0 Å². The molecule has 0 aliphatic carbocycles. The van der Waals surface area contributed by atoms with E-state index in [-0.39, 0.29) is 0 Å². The van der Waals surface area contributed by atoms with Crippen molar-refractivity contribution in [1.82, 2.24) is 4.98 Å². The summed E-state index contributed by atoms with van der Waals surface area (Å²) < 4.78 is 0. The minimum Gasteiger partial charge on any atom is -0.360 e. The SMILES string of the molecule is Cc1cccc2[c]c[nH]c12. The molecule has 10 heavy (non-hydrogen) atoms. The van der Waals surface area contributed by atoms with Crippen molar-refractivity contribution >= 4 is 10.9 Å². The van der Waals surface area contributed by atoms with Gasteiger partial charge in [0.1, 0.15) is 0 Å². The highest BCUT2D eigenvalue weighted by atomic mass is 14.7. The summed E-state index contributed by atoms with van der Waals surface area (Å²) >= 11 is 0. The summed E-state index contributed by atoms with van der Waals surface area (Å²) in [7, 11) is 0. The van der Waals surface area contributed by atoms with Gasteiger partial charge in [-0.1, -0.05) is 18.2 Å². The van der Waals surface area contributed by atoms with E-state index in [9.17, 15) is 0 Å². The molecule has 0 bridgehead atoms. The maximum Gasteiger partial charge on any atom is 0.0490 e. The Balaban J connectivity index is 2.95. The quantitative estimate of drug-likeness (QED) is 0.563. The molecule has 0 saturated heterocycles. The summed E-state index contributed by atoms with van der Waals surface area (Å²) in [5.41, 5.74) is 2.47. The number of nitrogens with one attached hydrogen (secondary N) is 1. The molecule has 0 atom stereocenters. The van der Waals surface area contributed by atoms with Crippen LogP contribution in [0.25, 0.3) is 10.9 Å². The zero-order valence-corrected chi connectivity index (χ0v) is 5.81. The number of aromatic nitrogens is 1. The molecule has 1 aromatic carbocycles. The molecule has 1 aromatic heterocycles. The second-order valence-electron chi connectivity index (χ2n) is 2.43. The monoisotopic (exact) mass is 130 g/mol. The van der Waals surface area contributed by atoms with Crippen LogP contribution in [0.15, 0.2) is 24.4 Å². The second kappa shape index (κ2) is 1.87. The lowest BCUT2D eigenvalue weighted by atomic mass is 10.2. The number of fused-ring (bicyclic) bond motifs is 1. The van der Waals surface area contributed by atoms with Crippen LogP contribution >= 0.6 is 0 Å². The third-order valence-corrected chi connectivity index (χ3v) is 1.72. The number of hydrogen-bond donors (Lipinski definition) is 1. The second-order valence-corrected chi connectivity index (χ2v) is 2.43. The molecule has 1 N–H and O–H groups in total. The van der Waals surface area contributed by atoms with Crippen molar-refractivity contribution in [3.8, 4) is 0 Å². The fourth-order valence-corrected chi connectivity index (χ4v) is 1.17. The number of hydrogen-bond acceptors (Lipinski definition) is 0. The molecule has 0 unspecified atom stereocenters. The van der Waals surface area contributed by atoms with E-state index in [1.54, 1.807) is 0 Å². The van der Waals surface area contributed by atoms with E-state index in [1.165, 1.54) is 16.5 Å². The number of benzene rings is 1. The van der Waals surface area contributed by atoms with Gasteiger partial charge in [-0.15, -0.1) is 0 Å². The van der Waals surface area contributed by atoms with Crippen molar-refractivity contribution < 1.29 is 0 Å². The van der Waals surface area contributed by atoms with Gasteiger partial charge in [0.25, 0.3) is 0 Å². The van der Waals surface area contributed by atoms with Crippen molar-refractivity contribution in [2.45, 2.75) is 6.92 Å². The van der Waals surface area contributed by atoms with Crippen molar-refractivity contribution in [2.75, 3.05) is 0 Å². The summed E-state index contributed by atoms with van der Waals surface area (Å²) in [5, 5.41) is 1.17. The molecule has 0 fully saturated rings. The van der Waals surface area contributed by atoms with Crippen LogP contribution in [0.5, 0.6) is 0 Å². The third-order valence-electron chi connectivity index (χ3n) is 1.72. The van der Waals surface area contributed by atoms with E-state index in [0.29, 0.717) is 0 Å². The first-order chi connectivity index (χ1) is 4.88. The smallest absolute Gasteiger partial charge is 0.0490 e. The Labute approximate surface area is 59.7 Å². The molecule has 49 valence electrons. The Bertz CT molecular complexity index is 346. The topological polar surface area (TPSA) is 15.8 Å². The average Bonchev–Trinajstić information content (AvgIpc) is 2.36. The van der Waals surface area contributed by atoms with Gasteiger partial charge >= 0.3 is 0 Å². The molecular formula is C9H8N. The fraction of sp³-hybridized carbons (Fsp3) is 0.111. The normalized spacial score (nSPS) is 10.5. The molecule has 0 aliphatic heterocycles. The molecule has 0 saturated carbocycles. The predicted octanol–water partition coefficient (Wildman–Crippen LogP) is 2.28. The van der Waals surface area contributed by atoms with Gasteiger partial charge in [-0.25, -0.2) is 0 Å². The predicted molar refractivity (Wildman–Crippen MR) is 41.9 cm³/mol. The largest absolute Gasteiger partial charge is 0.360 e. The number of rotatable bonds is 0. The lowest BCUT2D eigenvalue weighted by Gasteiger charge is -1.92. The standard InChI is InChI=1S/C9H8N/c1-7-3-2-4-8-5-6-10-9(7)8/h2-4,6,10H,1H3. The fourth-order valence-electron chi connectivity index (χ4n) is 1.17. The lowest BCUT2D eigenvalue weighted by Crippen LogP contribution is -1.72. The molecular weight excluding hydrogens is 122 g/mol. The maximum absolute atomic E-state index is 3.13. The van der Waals surface area contributed by atoms with Crippen molar-refractivity contribution in [3.05, 3.63) is 36.0 Å². The Morgan fingerprint density at radius 1 is 1.40 bits per heavy atom. The van der Waals surface area contributed by atoms with Gasteiger partial charge < -0.3 is 4.98 Å². The lowest BCUT2D eigenvalue weighted by molar-refractivity contribution is 1.42. The molecule has 0 spiro atoms. The average molecular weight is 130 g/mol. The molecule has 1 radical (unpaired) electrons. The van der Waals surface area contributed by atoms with E-state index < -0.39 is 0 Å². The zero-order valence-electron chi connectivity index (χ0n) is 5.81. The highest BCUT2D eigenvalue weighted by Gasteiger charge is 1.94. The number of aryl methyl sites for hydroxylation is 1. The summed E-state index contributed by atoms with van der Waals surface area (Å²) in [6, 6.07) is 9.29. The van der Waals surface area contributed by atoms with Gasteiger partial charge in [-0.3, -0.25) is 0 Å². The first kappa shape index (κ1) is 5.54. The van der Waals surface area contributed by atoms with E-state index in [1.807, 2.05) is 12.3 Å². The van der Waals surface area contributed by atoms with Gasteiger partial charge in [0.05, 0.1) is 0 Å². The van der Waals surface area contributed by atoms with E-state index in [0.717, 1.165) is 0 Å². The summed E-state index contributed by atoms with van der Waals surface area (Å²) in [6.45, 7) is 2.09. The minimum absolute atomic E-state index is 1.17. The maximum atomic E-state index is 3.13. The molecule has 1 nitrogen and oxygen atoms in total. The molecule has 0 aliphatic rings. The minimum atomic E-state index is 1.17. The van der Waals surface area contributed by atoms with Crippen LogP contribution in [0.1, 0.15) is 5.56 Å². The Hall–Kier alpha value is -1.24. The number of aromatic amines is 1. The molecule has 2 aromatic rings. The molecule has 1 heteroatoms. The van der Waals surface area contributed by atoms with E-state index >= 15 is 0 Å². The van der Waals surface area contributed by atoms with Gasteiger partial charge in [0.2, 0.25) is 0 Å². The summed E-state index contributed by atoms with van der Waals surface area (Å²) in [6.07, 6.45) is 1.84. The van der Waals surface area contributed by atoms with Crippen LogP contribution in [0.2, 0.25) is 0 Å². The molecule has 0 amide bonds. The van der Waals surface area contributed by atoms with Crippen LogP contribution < -0.4 is 0 Å². The molecule has 2 rings (SSSR count). The zero-order chi connectivity index (χ0) is 6.97. The van der Waals surface area contributed by atoms with Gasteiger partial charge in [-0.05, 0) is 12.5 Å². The number of para-hydroxylation sites is 1. The van der Waals surface area contributed by atoms with E-state index in [4.69, 9.17) is 0 Å². The third kappa shape index (κ3) is 0.637. The van der Waals surface area contributed by atoms with Crippen molar-refractivity contribution in [1.29, 1.82) is 0 Å².